The first kappa shape index (κ1) is 16.7. The second-order valence-electron chi connectivity index (χ2n) is 4.40. The maximum Gasteiger partial charge on any atom is 0.433 e. The van der Waals surface area contributed by atoms with Crippen LogP contribution in [0.4, 0.5) is 30.6 Å². The zero-order valence-corrected chi connectivity index (χ0v) is 12.7. The molecule has 0 aliphatic heterocycles. The Morgan fingerprint density at radius 2 is 1.70 bits per heavy atom. The minimum Gasteiger partial charge on any atom is -0.493 e. The summed E-state index contributed by atoms with van der Waals surface area (Å²) in [7, 11) is 4.40. The molecule has 2 aromatic rings. The lowest BCUT2D eigenvalue weighted by atomic mass is 10.2. The summed E-state index contributed by atoms with van der Waals surface area (Å²) >= 11 is 0. The Bertz CT molecular complexity index is 692. The Labute approximate surface area is 130 Å². The first-order valence-corrected chi connectivity index (χ1v) is 6.50. The van der Waals surface area contributed by atoms with E-state index < -0.39 is 11.9 Å². The minimum atomic E-state index is -4.57. The van der Waals surface area contributed by atoms with Crippen LogP contribution in [-0.2, 0) is 6.18 Å². The number of ether oxygens (including phenoxy) is 2. The number of hydrogen-bond donors (Lipinski definition) is 2. The summed E-state index contributed by atoms with van der Waals surface area (Å²) in [5.74, 6) is 0.816. The number of benzene rings is 1. The van der Waals surface area contributed by atoms with Crippen LogP contribution in [0, 0.1) is 0 Å². The topological polar surface area (TPSA) is 68.3 Å². The van der Waals surface area contributed by atoms with Crippen molar-refractivity contribution in [2.45, 2.75) is 6.18 Å². The van der Waals surface area contributed by atoms with E-state index >= 15 is 0 Å². The van der Waals surface area contributed by atoms with Crippen LogP contribution < -0.4 is 20.1 Å². The van der Waals surface area contributed by atoms with E-state index in [4.69, 9.17) is 9.47 Å². The van der Waals surface area contributed by atoms with Gasteiger partial charge < -0.3 is 20.1 Å². The average Bonchev–Trinajstić information content (AvgIpc) is 2.53. The highest BCUT2D eigenvalue weighted by Gasteiger charge is 2.33. The molecule has 1 aromatic carbocycles. The fourth-order valence-electron chi connectivity index (χ4n) is 1.83. The third-order valence-electron chi connectivity index (χ3n) is 2.90. The molecule has 0 atom stereocenters. The number of halogens is 3. The van der Waals surface area contributed by atoms with E-state index in [1.165, 1.54) is 21.3 Å². The molecule has 2 N–H and O–H groups in total. The van der Waals surface area contributed by atoms with Crippen LogP contribution in [0.25, 0.3) is 0 Å². The molecule has 0 saturated heterocycles. The summed E-state index contributed by atoms with van der Waals surface area (Å²) in [5, 5.41) is 5.29. The Kier molecular flexibility index (Phi) is 4.77. The van der Waals surface area contributed by atoms with Gasteiger partial charge in [0.05, 0.1) is 14.2 Å². The standard InChI is InChI=1S/C14H15F3N4O2/c1-18-13-20-11(14(15,16)17)7-12(21-13)19-8-4-5-9(22-2)10(6-8)23-3/h4-7H,1-3H3,(H2,18,19,20,21). The van der Waals surface area contributed by atoms with Crippen LogP contribution >= 0.6 is 0 Å². The van der Waals surface area contributed by atoms with Crippen molar-refractivity contribution >= 4 is 17.5 Å². The molecule has 0 radical (unpaired) electrons. The van der Waals surface area contributed by atoms with E-state index in [-0.39, 0.29) is 11.8 Å². The summed E-state index contributed by atoms with van der Waals surface area (Å²) in [6.07, 6.45) is -4.57. The SMILES string of the molecule is CNc1nc(Nc2ccc(OC)c(OC)c2)cc(C(F)(F)F)n1. The molecule has 0 amide bonds. The number of nitrogens with zero attached hydrogens (tertiary/aromatic N) is 2. The number of hydrogen-bond acceptors (Lipinski definition) is 6. The van der Waals surface area contributed by atoms with Gasteiger partial charge in [-0.25, -0.2) is 4.98 Å². The first-order valence-electron chi connectivity index (χ1n) is 6.50. The average molecular weight is 328 g/mol. The molecule has 0 bridgehead atoms. The van der Waals surface area contributed by atoms with Gasteiger partial charge in [0, 0.05) is 24.9 Å². The van der Waals surface area contributed by atoms with E-state index in [0.717, 1.165) is 6.07 Å². The molecule has 0 spiro atoms. The van der Waals surface area contributed by atoms with Crippen molar-refractivity contribution in [2.75, 3.05) is 31.9 Å². The number of nitrogens with one attached hydrogen (secondary N) is 2. The van der Waals surface area contributed by atoms with Crippen molar-refractivity contribution in [3.8, 4) is 11.5 Å². The minimum absolute atomic E-state index is 0.00361. The maximum atomic E-state index is 12.9. The second-order valence-corrected chi connectivity index (χ2v) is 4.40. The molecular weight excluding hydrogens is 313 g/mol. The zero-order valence-electron chi connectivity index (χ0n) is 12.7. The van der Waals surface area contributed by atoms with E-state index in [2.05, 4.69) is 20.6 Å². The van der Waals surface area contributed by atoms with E-state index in [9.17, 15) is 13.2 Å². The van der Waals surface area contributed by atoms with Crippen LogP contribution in [0.1, 0.15) is 5.69 Å². The third-order valence-corrected chi connectivity index (χ3v) is 2.90. The van der Waals surface area contributed by atoms with Crippen LogP contribution in [0.2, 0.25) is 0 Å². The molecule has 0 saturated carbocycles. The summed E-state index contributed by atoms with van der Waals surface area (Å²) < 4.78 is 48.8. The van der Waals surface area contributed by atoms with Crippen molar-refractivity contribution < 1.29 is 22.6 Å². The van der Waals surface area contributed by atoms with Crippen molar-refractivity contribution in [3.05, 3.63) is 30.0 Å². The Morgan fingerprint density at radius 3 is 2.26 bits per heavy atom. The Balaban J connectivity index is 2.36. The first-order chi connectivity index (χ1) is 10.9. The normalized spacial score (nSPS) is 11.0. The van der Waals surface area contributed by atoms with Crippen LogP contribution in [0.5, 0.6) is 11.5 Å². The summed E-state index contributed by atoms with van der Waals surface area (Å²) in [6, 6.07) is 5.69. The number of aromatic nitrogens is 2. The van der Waals surface area contributed by atoms with Gasteiger partial charge in [0.25, 0.3) is 0 Å². The van der Waals surface area contributed by atoms with Gasteiger partial charge in [-0.1, -0.05) is 0 Å². The number of methoxy groups -OCH3 is 2. The van der Waals surface area contributed by atoms with Gasteiger partial charge in [0.15, 0.2) is 17.2 Å². The van der Waals surface area contributed by atoms with Crippen LogP contribution in [-0.4, -0.2) is 31.2 Å². The maximum absolute atomic E-state index is 12.9. The largest absolute Gasteiger partial charge is 0.493 e. The van der Waals surface area contributed by atoms with Crippen molar-refractivity contribution in [2.24, 2.45) is 0 Å². The predicted molar refractivity (Wildman–Crippen MR) is 79.4 cm³/mol. The molecule has 124 valence electrons. The molecule has 0 aliphatic carbocycles. The second kappa shape index (κ2) is 6.59. The highest BCUT2D eigenvalue weighted by molar-refractivity contribution is 5.62. The number of alkyl halides is 3. The molecule has 1 aromatic heterocycles. The summed E-state index contributed by atoms with van der Waals surface area (Å²) in [5.41, 5.74) is -0.545. The van der Waals surface area contributed by atoms with Crippen molar-refractivity contribution in [3.63, 3.8) is 0 Å². The molecule has 6 nitrogen and oxygen atoms in total. The zero-order chi connectivity index (χ0) is 17.0. The highest BCUT2D eigenvalue weighted by atomic mass is 19.4. The van der Waals surface area contributed by atoms with Crippen molar-refractivity contribution in [1.82, 2.24) is 9.97 Å². The van der Waals surface area contributed by atoms with Gasteiger partial charge in [0.2, 0.25) is 5.95 Å². The molecule has 2 rings (SSSR count). The smallest absolute Gasteiger partial charge is 0.433 e. The molecular formula is C14H15F3N4O2. The summed E-state index contributed by atoms with van der Waals surface area (Å²) in [6.45, 7) is 0. The van der Waals surface area contributed by atoms with Crippen LogP contribution in [0.15, 0.2) is 24.3 Å². The Hall–Kier alpha value is -2.71. The van der Waals surface area contributed by atoms with Gasteiger partial charge in [0.1, 0.15) is 5.82 Å². The fourth-order valence-corrected chi connectivity index (χ4v) is 1.83. The number of anilines is 3. The van der Waals surface area contributed by atoms with Crippen LogP contribution in [0.3, 0.4) is 0 Å². The third kappa shape index (κ3) is 3.93. The van der Waals surface area contributed by atoms with E-state index in [1.54, 1.807) is 18.2 Å². The lowest BCUT2D eigenvalue weighted by Crippen LogP contribution is -2.12. The highest BCUT2D eigenvalue weighted by Crippen LogP contribution is 2.33. The van der Waals surface area contributed by atoms with E-state index in [0.29, 0.717) is 17.2 Å². The lowest BCUT2D eigenvalue weighted by molar-refractivity contribution is -0.141. The van der Waals surface area contributed by atoms with Crippen molar-refractivity contribution in [1.29, 1.82) is 0 Å². The van der Waals surface area contributed by atoms with Gasteiger partial charge in [-0.15, -0.1) is 0 Å². The molecule has 1 heterocycles. The van der Waals surface area contributed by atoms with Gasteiger partial charge in [-0.3, -0.25) is 0 Å². The molecule has 0 unspecified atom stereocenters. The monoisotopic (exact) mass is 328 g/mol. The molecule has 9 heteroatoms. The fraction of sp³-hybridized carbons (Fsp3) is 0.286. The van der Waals surface area contributed by atoms with Gasteiger partial charge in [-0.05, 0) is 12.1 Å². The number of rotatable bonds is 5. The van der Waals surface area contributed by atoms with Gasteiger partial charge in [-0.2, -0.15) is 18.2 Å². The lowest BCUT2D eigenvalue weighted by Gasteiger charge is -2.13. The predicted octanol–water partition coefficient (Wildman–Crippen LogP) is 3.30. The Morgan fingerprint density at radius 1 is 1.00 bits per heavy atom. The molecule has 0 aliphatic rings. The quantitative estimate of drug-likeness (QED) is 0.878. The summed E-state index contributed by atoms with van der Waals surface area (Å²) in [4.78, 5) is 7.35. The molecule has 0 fully saturated rings. The van der Waals surface area contributed by atoms with E-state index in [1.807, 2.05) is 0 Å². The van der Waals surface area contributed by atoms with Gasteiger partial charge >= 0.3 is 6.18 Å². The molecule has 23 heavy (non-hydrogen) atoms.